The second kappa shape index (κ2) is 8.22. The molecule has 140 valence electrons. The number of anilines is 3. The number of nitrogens with one attached hydrogen (secondary N) is 1. The number of nitrogens with zero attached hydrogens (tertiary/aromatic N) is 5. The predicted octanol–water partition coefficient (Wildman–Crippen LogP) is 4.57. The predicted molar refractivity (Wildman–Crippen MR) is 109 cm³/mol. The summed E-state index contributed by atoms with van der Waals surface area (Å²) in [7, 11) is 3.72. The summed E-state index contributed by atoms with van der Waals surface area (Å²) < 4.78 is 13.3. The third kappa shape index (κ3) is 5.07. The summed E-state index contributed by atoms with van der Waals surface area (Å²) in [6.07, 6.45) is 5.36. The molecular formula is C19H21FN6S. The minimum absolute atomic E-state index is 0.283. The third-order valence-electron chi connectivity index (χ3n) is 3.63. The molecule has 0 radical (unpaired) electrons. The molecule has 8 heteroatoms. The minimum Gasteiger partial charge on any atom is -0.347 e. The van der Waals surface area contributed by atoms with E-state index in [4.69, 9.17) is 0 Å². The van der Waals surface area contributed by atoms with Crippen molar-refractivity contribution in [1.29, 1.82) is 0 Å². The molecule has 0 unspecified atom stereocenters. The molecule has 0 aliphatic carbocycles. The second-order valence-corrected chi connectivity index (χ2v) is 7.51. The molecule has 0 saturated carbocycles. The maximum absolute atomic E-state index is 13.3. The van der Waals surface area contributed by atoms with Crippen molar-refractivity contribution in [2.24, 2.45) is 0 Å². The molecular weight excluding hydrogens is 363 g/mol. The fourth-order valence-corrected chi connectivity index (χ4v) is 3.01. The summed E-state index contributed by atoms with van der Waals surface area (Å²) in [6.45, 7) is 4.25. The third-order valence-corrected chi connectivity index (χ3v) is 4.84. The van der Waals surface area contributed by atoms with Crippen molar-refractivity contribution in [2.45, 2.75) is 19.8 Å². The Morgan fingerprint density at radius 3 is 2.63 bits per heavy atom. The van der Waals surface area contributed by atoms with E-state index in [1.165, 1.54) is 17.0 Å². The monoisotopic (exact) mass is 384 g/mol. The topological polar surface area (TPSA) is 66.8 Å². The van der Waals surface area contributed by atoms with Gasteiger partial charge in [-0.15, -0.1) is 11.3 Å². The zero-order valence-electron chi connectivity index (χ0n) is 15.6. The maximum atomic E-state index is 13.3. The van der Waals surface area contributed by atoms with Crippen molar-refractivity contribution in [3.63, 3.8) is 0 Å². The molecule has 0 spiro atoms. The van der Waals surface area contributed by atoms with Gasteiger partial charge in [-0.1, -0.05) is 32.1 Å². The highest BCUT2D eigenvalue weighted by molar-refractivity contribution is 7.15. The van der Waals surface area contributed by atoms with Gasteiger partial charge >= 0.3 is 0 Å². The van der Waals surface area contributed by atoms with Crippen molar-refractivity contribution in [1.82, 2.24) is 19.9 Å². The van der Waals surface area contributed by atoms with Crippen molar-refractivity contribution in [3.8, 4) is 0 Å². The van der Waals surface area contributed by atoms with Crippen LogP contribution in [0.2, 0.25) is 0 Å². The molecule has 0 aliphatic heterocycles. The summed E-state index contributed by atoms with van der Waals surface area (Å²) in [5.41, 5.74) is 0.734. The van der Waals surface area contributed by atoms with Crippen molar-refractivity contribution in [2.75, 3.05) is 24.3 Å². The molecule has 2 heterocycles. The smallest absolute Gasteiger partial charge is 0.234 e. The van der Waals surface area contributed by atoms with Gasteiger partial charge < -0.3 is 4.90 Å². The molecule has 6 nitrogen and oxygen atoms in total. The van der Waals surface area contributed by atoms with E-state index in [-0.39, 0.29) is 5.82 Å². The molecule has 27 heavy (non-hydrogen) atoms. The van der Waals surface area contributed by atoms with Gasteiger partial charge in [0, 0.05) is 25.2 Å². The van der Waals surface area contributed by atoms with Gasteiger partial charge in [0.05, 0.1) is 0 Å². The number of hydrogen-bond donors (Lipinski definition) is 1. The summed E-state index contributed by atoms with van der Waals surface area (Å²) in [5.74, 6) is 1.54. The Balaban J connectivity index is 1.87. The summed E-state index contributed by atoms with van der Waals surface area (Å²) in [4.78, 5) is 20.6. The van der Waals surface area contributed by atoms with E-state index in [1.54, 1.807) is 34.5 Å². The lowest BCUT2D eigenvalue weighted by Crippen LogP contribution is -2.15. The van der Waals surface area contributed by atoms with Crippen LogP contribution in [0.25, 0.3) is 12.2 Å². The van der Waals surface area contributed by atoms with Crippen LogP contribution in [0.4, 0.5) is 21.4 Å². The van der Waals surface area contributed by atoms with E-state index in [1.807, 2.05) is 26.4 Å². The quantitative estimate of drug-likeness (QED) is 0.671. The lowest BCUT2D eigenvalue weighted by molar-refractivity contribution is 0.627. The van der Waals surface area contributed by atoms with Gasteiger partial charge in [0.25, 0.3) is 0 Å². The first kappa shape index (κ1) is 18.9. The maximum Gasteiger partial charge on any atom is 0.234 e. The Bertz CT molecular complexity index is 951. The van der Waals surface area contributed by atoms with Crippen LogP contribution in [0.3, 0.4) is 0 Å². The number of hydrogen-bond acceptors (Lipinski definition) is 7. The molecule has 0 bridgehead atoms. The number of thiazole rings is 1. The minimum atomic E-state index is -0.283. The first-order valence-corrected chi connectivity index (χ1v) is 9.32. The SMILES string of the molecule is CC(C)c1cnc(Nc2nc(/C=C/c3cccc(F)c3)nc(N(C)C)n2)s1. The highest BCUT2D eigenvalue weighted by atomic mass is 32.1. The zero-order valence-corrected chi connectivity index (χ0v) is 16.5. The Morgan fingerprint density at radius 1 is 1.15 bits per heavy atom. The van der Waals surface area contributed by atoms with Gasteiger partial charge in [0.2, 0.25) is 11.9 Å². The van der Waals surface area contributed by atoms with Crippen LogP contribution < -0.4 is 10.2 Å². The molecule has 0 fully saturated rings. The number of halogens is 1. The second-order valence-electron chi connectivity index (χ2n) is 6.45. The van der Waals surface area contributed by atoms with Crippen LogP contribution in [0, 0.1) is 5.82 Å². The first-order chi connectivity index (χ1) is 12.9. The molecule has 0 atom stereocenters. The van der Waals surface area contributed by atoms with Gasteiger partial charge in [-0.25, -0.2) is 9.37 Å². The number of aromatic nitrogens is 4. The summed E-state index contributed by atoms with van der Waals surface area (Å²) in [5, 5.41) is 3.88. The Labute approximate surface area is 161 Å². The lowest BCUT2D eigenvalue weighted by atomic mass is 10.2. The van der Waals surface area contributed by atoms with E-state index in [0.29, 0.717) is 23.6 Å². The highest BCUT2D eigenvalue weighted by Crippen LogP contribution is 2.27. The molecule has 1 N–H and O–H groups in total. The molecule has 0 aliphatic rings. The fourth-order valence-electron chi connectivity index (χ4n) is 2.20. The fraction of sp³-hybridized carbons (Fsp3) is 0.263. The summed E-state index contributed by atoms with van der Waals surface area (Å²) in [6, 6.07) is 6.34. The average Bonchev–Trinajstić information content (AvgIpc) is 3.08. The molecule has 0 amide bonds. The molecule has 3 aromatic rings. The van der Waals surface area contributed by atoms with Gasteiger partial charge in [-0.2, -0.15) is 15.0 Å². The van der Waals surface area contributed by atoms with E-state index >= 15 is 0 Å². The van der Waals surface area contributed by atoms with E-state index in [9.17, 15) is 4.39 Å². The van der Waals surface area contributed by atoms with Crippen molar-refractivity contribution in [3.05, 3.63) is 52.5 Å². The summed E-state index contributed by atoms with van der Waals surface area (Å²) >= 11 is 1.57. The highest BCUT2D eigenvalue weighted by Gasteiger charge is 2.10. The van der Waals surface area contributed by atoms with E-state index < -0.39 is 0 Å². The Kier molecular flexibility index (Phi) is 5.75. The van der Waals surface area contributed by atoms with Crippen LogP contribution in [-0.2, 0) is 0 Å². The van der Waals surface area contributed by atoms with E-state index in [0.717, 1.165) is 10.7 Å². The normalized spacial score (nSPS) is 11.3. The Morgan fingerprint density at radius 2 is 1.96 bits per heavy atom. The van der Waals surface area contributed by atoms with E-state index in [2.05, 4.69) is 39.1 Å². The van der Waals surface area contributed by atoms with Crippen molar-refractivity contribution >= 4 is 40.5 Å². The van der Waals surface area contributed by atoms with Gasteiger partial charge in [0.1, 0.15) is 5.82 Å². The van der Waals surface area contributed by atoms with Crippen LogP contribution >= 0.6 is 11.3 Å². The molecule has 0 saturated heterocycles. The standard InChI is InChI=1S/C19H21FN6S/c1-12(2)15-11-21-19(27-15)25-17-22-16(23-18(24-17)26(3)4)9-8-13-6-5-7-14(20)10-13/h5-12H,1-4H3,(H,21,22,23,24,25)/b9-8+. The van der Waals surface area contributed by atoms with Crippen LogP contribution in [0.1, 0.15) is 36.0 Å². The molecule has 3 rings (SSSR count). The van der Waals surface area contributed by atoms with Crippen LogP contribution in [0.15, 0.2) is 30.5 Å². The molecule has 1 aromatic carbocycles. The van der Waals surface area contributed by atoms with Gasteiger partial charge in [-0.3, -0.25) is 5.32 Å². The average molecular weight is 384 g/mol. The number of benzene rings is 1. The van der Waals surface area contributed by atoms with Crippen LogP contribution in [-0.4, -0.2) is 34.0 Å². The number of rotatable bonds is 6. The van der Waals surface area contributed by atoms with Crippen LogP contribution in [0.5, 0.6) is 0 Å². The van der Waals surface area contributed by atoms with Gasteiger partial charge in [-0.05, 0) is 29.7 Å². The molecule has 2 aromatic heterocycles. The van der Waals surface area contributed by atoms with Gasteiger partial charge in [0.15, 0.2) is 11.0 Å². The Hall–Kier alpha value is -2.87. The van der Waals surface area contributed by atoms with Crippen molar-refractivity contribution < 1.29 is 4.39 Å². The first-order valence-electron chi connectivity index (χ1n) is 8.50. The lowest BCUT2D eigenvalue weighted by Gasteiger charge is -2.11. The largest absolute Gasteiger partial charge is 0.347 e. The zero-order chi connectivity index (χ0) is 19.4.